The lowest BCUT2D eigenvalue weighted by atomic mass is 10.3. The molecule has 0 unspecified atom stereocenters. The summed E-state index contributed by atoms with van der Waals surface area (Å²) in [4.78, 5) is 22.9. The maximum absolute atomic E-state index is 12.8. The Morgan fingerprint density at radius 1 is 1.17 bits per heavy atom. The van der Waals surface area contributed by atoms with Gasteiger partial charge >= 0.3 is 11.8 Å². The monoisotopic (exact) mass is 370 g/mol. The van der Waals surface area contributed by atoms with Crippen LogP contribution in [0, 0.1) is 0 Å². The van der Waals surface area contributed by atoms with Gasteiger partial charge < -0.3 is 15.1 Å². The number of benzene rings is 1. The zero-order chi connectivity index (χ0) is 17.7. The fourth-order valence-electron chi connectivity index (χ4n) is 2.01. The van der Waals surface area contributed by atoms with Crippen molar-refractivity contribution in [1.29, 1.82) is 0 Å². The molecule has 0 saturated carbocycles. The summed E-state index contributed by atoms with van der Waals surface area (Å²) < 4.78 is 30.9. The first-order valence-corrected chi connectivity index (χ1v) is 8.81. The van der Waals surface area contributed by atoms with Crippen molar-refractivity contribution in [1.82, 2.24) is 10.6 Å². The van der Waals surface area contributed by atoms with Gasteiger partial charge in [0.15, 0.2) is 9.84 Å². The molecule has 1 aromatic carbocycles. The predicted octanol–water partition coefficient (Wildman–Crippen LogP) is 1.31. The number of hydrogen-bond acceptors (Lipinski definition) is 5. The van der Waals surface area contributed by atoms with Gasteiger partial charge in [-0.15, -0.1) is 0 Å². The Balaban J connectivity index is 2.31. The van der Waals surface area contributed by atoms with Gasteiger partial charge in [-0.2, -0.15) is 0 Å². The van der Waals surface area contributed by atoms with E-state index in [-0.39, 0.29) is 17.2 Å². The Kier molecular flexibility index (Phi) is 5.63. The lowest BCUT2D eigenvalue weighted by molar-refractivity contribution is -0.138. The van der Waals surface area contributed by atoms with Gasteiger partial charge in [0.1, 0.15) is 11.0 Å². The van der Waals surface area contributed by atoms with Crippen LogP contribution in [0.4, 0.5) is 0 Å². The molecule has 2 rings (SSSR count). The molecule has 0 saturated heterocycles. The second-order valence-corrected chi connectivity index (χ2v) is 7.36. The molecule has 2 amide bonds. The Bertz CT molecular complexity index is 816. The average Bonchev–Trinajstić information content (AvgIpc) is 3.08. The van der Waals surface area contributed by atoms with Crippen LogP contribution in [0.25, 0.3) is 0 Å². The molecule has 1 atom stereocenters. The second-order valence-electron chi connectivity index (χ2n) is 4.79. The lowest BCUT2D eigenvalue weighted by Crippen LogP contribution is -2.40. The minimum absolute atomic E-state index is 0.0301. The molecule has 2 N–H and O–H groups in total. The summed E-state index contributed by atoms with van der Waals surface area (Å²) in [7, 11) is -2.57. The molecule has 0 bridgehead atoms. The number of sulfone groups is 1. The maximum Gasteiger partial charge on any atom is 0.309 e. The van der Waals surface area contributed by atoms with Gasteiger partial charge in [-0.05, 0) is 36.4 Å². The van der Waals surface area contributed by atoms with E-state index >= 15 is 0 Å². The first-order valence-electron chi connectivity index (χ1n) is 6.89. The third-order valence-electron chi connectivity index (χ3n) is 3.26. The molecule has 0 aliphatic heterocycles. The van der Waals surface area contributed by atoms with Crippen LogP contribution >= 0.6 is 11.6 Å². The van der Waals surface area contributed by atoms with E-state index in [1.54, 1.807) is 6.07 Å². The van der Waals surface area contributed by atoms with Crippen LogP contribution in [0.1, 0.15) is 11.0 Å². The van der Waals surface area contributed by atoms with Crippen molar-refractivity contribution in [2.75, 3.05) is 13.6 Å². The van der Waals surface area contributed by atoms with E-state index < -0.39 is 26.9 Å². The van der Waals surface area contributed by atoms with Crippen molar-refractivity contribution in [2.24, 2.45) is 0 Å². The zero-order valence-corrected chi connectivity index (χ0v) is 14.2. The topological polar surface area (TPSA) is 105 Å². The van der Waals surface area contributed by atoms with Gasteiger partial charge in [0.25, 0.3) is 0 Å². The summed E-state index contributed by atoms with van der Waals surface area (Å²) in [6.45, 7) is -0.315. The Labute approximate surface area is 143 Å². The molecule has 0 aliphatic rings. The third kappa shape index (κ3) is 3.95. The lowest BCUT2D eigenvalue weighted by Gasteiger charge is -2.16. The minimum Gasteiger partial charge on any atom is -0.468 e. The average molecular weight is 371 g/mol. The summed E-state index contributed by atoms with van der Waals surface area (Å²) >= 11 is 5.78. The molecular formula is C15H15ClN2O5S. The van der Waals surface area contributed by atoms with Crippen LogP contribution in [0.2, 0.25) is 5.02 Å². The molecule has 0 aliphatic carbocycles. The number of likely N-dealkylation sites (N-methyl/N-ethyl adjacent to an activating group) is 1. The molecule has 1 heterocycles. The van der Waals surface area contributed by atoms with E-state index in [2.05, 4.69) is 10.6 Å². The highest BCUT2D eigenvalue weighted by atomic mass is 35.5. The number of furan rings is 1. The van der Waals surface area contributed by atoms with Crippen molar-refractivity contribution >= 4 is 33.3 Å². The van der Waals surface area contributed by atoms with Crippen LogP contribution in [0.3, 0.4) is 0 Å². The van der Waals surface area contributed by atoms with E-state index in [9.17, 15) is 18.0 Å². The van der Waals surface area contributed by atoms with Crippen molar-refractivity contribution in [3.8, 4) is 0 Å². The smallest absolute Gasteiger partial charge is 0.309 e. The summed E-state index contributed by atoms with van der Waals surface area (Å²) in [6.07, 6.45) is 1.33. The van der Waals surface area contributed by atoms with E-state index in [0.29, 0.717) is 5.02 Å². The molecule has 2 aromatic rings. The van der Waals surface area contributed by atoms with Crippen molar-refractivity contribution in [3.05, 3.63) is 53.4 Å². The van der Waals surface area contributed by atoms with Crippen LogP contribution in [-0.4, -0.2) is 33.8 Å². The highest BCUT2D eigenvalue weighted by Gasteiger charge is 2.32. The quantitative estimate of drug-likeness (QED) is 0.772. The van der Waals surface area contributed by atoms with Crippen LogP contribution in [0.5, 0.6) is 0 Å². The SMILES string of the molecule is CNC(=O)C(=O)NC[C@@H](c1ccco1)S(=O)(=O)c1ccc(Cl)cc1. The van der Waals surface area contributed by atoms with Gasteiger partial charge in [0.2, 0.25) is 0 Å². The van der Waals surface area contributed by atoms with Gasteiger partial charge in [0.05, 0.1) is 11.2 Å². The molecule has 128 valence electrons. The Hall–Kier alpha value is -2.32. The predicted molar refractivity (Wildman–Crippen MR) is 87.2 cm³/mol. The van der Waals surface area contributed by atoms with Gasteiger partial charge in [-0.3, -0.25) is 9.59 Å². The first-order chi connectivity index (χ1) is 11.4. The number of amides is 2. The van der Waals surface area contributed by atoms with Crippen molar-refractivity contribution < 1.29 is 22.4 Å². The van der Waals surface area contributed by atoms with Gasteiger partial charge in [0, 0.05) is 18.6 Å². The molecule has 9 heteroatoms. The molecule has 0 spiro atoms. The third-order valence-corrected chi connectivity index (χ3v) is 5.59. The molecule has 1 aromatic heterocycles. The summed E-state index contributed by atoms with van der Waals surface area (Å²) in [5.41, 5.74) is 0. The number of carbonyl (C=O) groups is 2. The number of hydrogen-bond donors (Lipinski definition) is 2. The number of nitrogens with one attached hydrogen (secondary N) is 2. The largest absolute Gasteiger partial charge is 0.468 e. The van der Waals surface area contributed by atoms with Gasteiger partial charge in [-0.1, -0.05) is 11.6 Å². The summed E-state index contributed by atoms with van der Waals surface area (Å²) in [5.74, 6) is -1.64. The fourth-order valence-corrected chi connectivity index (χ4v) is 3.72. The maximum atomic E-state index is 12.8. The molecule has 0 fully saturated rings. The van der Waals surface area contributed by atoms with E-state index in [1.165, 1.54) is 43.6 Å². The number of carbonyl (C=O) groups excluding carboxylic acids is 2. The Morgan fingerprint density at radius 2 is 1.83 bits per heavy atom. The molecule has 0 radical (unpaired) electrons. The summed E-state index contributed by atoms with van der Waals surface area (Å²) in [6, 6.07) is 8.68. The number of rotatable bonds is 5. The van der Waals surface area contributed by atoms with Crippen molar-refractivity contribution in [3.63, 3.8) is 0 Å². The summed E-state index contributed by atoms with van der Waals surface area (Å²) in [5, 5.41) is 3.68. The fraction of sp³-hybridized carbons (Fsp3) is 0.200. The van der Waals surface area contributed by atoms with Crippen molar-refractivity contribution in [2.45, 2.75) is 10.1 Å². The second kappa shape index (κ2) is 7.50. The van der Waals surface area contributed by atoms with Gasteiger partial charge in [-0.25, -0.2) is 8.42 Å². The minimum atomic E-state index is -3.87. The zero-order valence-electron chi connectivity index (χ0n) is 12.7. The van der Waals surface area contributed by atoms with E-state index in [4.69, 9.17) is 16.0 Å². The standard InChI is InChI=1S/C15H15ClN2O5S/c1-17-14(19)15(20)18-9-13(12-3-2-8-23-12)24(21,22)11-6-4-10(16)5-7-11/h2-8,13H,9H2,1H3,(H,17,19)(H,18,20)/t13-/m0/s1. The number of halogens is 1. The first kappa shape index (κ1) is 18.0. The van der Waals surface area contributed by atoms with Crippen LogP contribution < -0.4 is 10.6 Å². The van der Waals surface area contributed by atoms with Crippen LogP contribution in [0.15, 0.2) is 52.0 Å². The highest BCUT2D eigenvalue weighted by Crippen LogP contribution is 2.29. The van der Waals surface area contributed by atoms with Crippen LogP contribution in [-0.2, 0) is 19.4 Å². The normalized spacial score (nSPS) is 12.4. The van der Waals surface area contributed by atoms with E-state index in [1.807, 2.05) is 0 Å². The molecule has 7 nitrogen and oxygen atoms in total. The molecule has 24 heavy (non-hydrogen) atoms. The van der Waals surface area contributed by atoms with E-state index in [0.717, 1.165) is 0 Å². The molecular weight excluding hydrogens is 356 g/mol. The highest BCUT2D eigenvalue weighted by molar-refractivity contribution is 7.91. The Morgan fingerprint density at radius 3 is 2.38 bits per heavy atom.